The summed E-state index contributed by atoms with van der Waals surface area (Å²) in [5, 5.41) is 20.9. The number of rotatable bonds is 8. The van der Waals surface area contributed by atoms with E-state index in [1.807, 2.05) is 0 Å². The van der Waals surface area contributed by atoms with Crippen molar-refractivity contribution in [2.24, 2.45) is 0 Å². The number of aliphatic hydroxyl groups is 2. The Morgan fingerprint density at radius 3 is 2.71 bits per heavy atom. The number of phosphoric ester groups is 1. The molecule has 3 aromatic rings. The van der Waals surface area contributed by atoms with Crippen LogP contribution in [0.25, 0.3) is 11.2 Å². The van der Waals surface area contributed by atoms with Gasteiger partial charge in [-0.05, 0) is 6.92 Å². The second-order valence-corrected chi connectivity index (χ2v) is 10.5. The summed E-state index contributed by atoms with van der Waals surface area (Å²) >= 11 is 0. The van der Waals surface area contributed by atoms with Crippen LogP contribution in [0.5, 0.6) is 0 Å². The number of ether oxygens (including phenoxy) is 1. The Hall–Kier alpha value is -2.46. The number of imidazole rings is 2. The van der Waals surface area contributed by atoms with Crippen LogP contribution in [0.1, 0.15) is 13.2 Å². The molecule has 4 heterocycles. The normalized spacial score (nSPS) is 26.5. The molecule has 19 heteroatoms. The van der Waals surface area contributed by atoms with E-state index in [2.05, 4.69) is 19.3 Å². The number of nitrogens with one attached hydrogen (secondary N) is 1. The fraction of sp³-hybridized carbons (Fsp3) is 0.467. The van der Waals surface area contributed by atoms with Crippen LogP contribution < -0.4 is 15.9 Å². The molecule has 0 saturated carbocycles. The van der Waals surface area contributed by atoms with Gasteiger partial charge in [-0.1, -0.05) is 0 Å². The molecule has 0 bridgehead atoms. The molecule has 3 aromatic heterocycles. The first kappa shape index (κ1) is 24.7. The van der Waals surface area contributed by atoms with Crippen molar-refractivity contribution in [3.8, 4) is 0 Å². The second kappa shape index (κ2) is 8.96. The molecule has 0 spiro atoms. The lowest BCUT2D eigenvalue weighted by Crippen LogP contribution is -2.35. The topological polar surface area (TPSA) is 241 Å². The number of nitrogens with zero attached hydrogens (tertiary/aromatic N) is 5. The minimum absolute atomic E-state index is 0.0682. The first-order valence-electron chi connectivity index (χ1n) is 9.75. The molecule has 7 N–H and O–H groups in total. The van der Waals surface area contributed by atoms with E-state index >= 15 is 0 Å². The average molecular weight is 522 g/mol. The number of nitrogens with two attached hydrogens (primary N) is 1. The van der Waals surface area contributed by atoms with Crippen LogP contribution in [0.2, 0.25) is 0 Å². The average Bonchev–Trinajstić information content (AvgIpc) is 3.46. The summed E-state index contributed by atoms with van der Waals surface area (Å²) in [6.45, 7) is 1.33. The zero-order chi connectivity index (χ0) is 24.8. The van der Waals surface area contributed by atoms with Crippen LogP contribution in [-0.2, 0) is 29.2 Å². The predicted molar refractivity (Wildman–Crippen MR) is 111 cm³/mol. The van der Waals surface area contributed by atoms with Crippen LogP contribution in [0.3, 0.4) is 0 Å². The molecule has 17 nitrogen and oxygen atoms in total. The Labute approximate surface area is 190 Å². The van der Waals surface area contributed by atoms with Crippen molar-refractivity contribution in [2.75, 3.05) is 12.3 Å². The monoisotopic (exact) mass is 522 g/mol. The number of fused-ring (bicyclic) bond motifs is 1. The van der Waals surface area contributed by atoms with Crippen LogP contribution in [0, 0.1) is 0 Å². The Kier molecular flexibility index (Phi) is 6.50. The van der Waals surface area contributed by atoms with Crippen LogP contribution in [0.4, 0.5) is 5.95 Å². The summed E-state index contributed by atoms with van der Waals surface area (Å²) in [6, 6.07) is 0. The van der Waals surface area contributed by atoms with Crippen LogP contribution in [-0.4, -0.2) is 68.8 Å². The van der Waals surface area contributed by atoms with Crippen molar-refractivity contribution in [1.82, 2.24) is 23.9 Å². The molecular formula is C15H22N7O10P2+. The standard InChI is InChI=1S/C15H21N7O10P2/c1-2-20-7-22(12-9(20)13(25)19-15(16)18-12)14-11(24)10(23)8(31-14)5-30-34(28,29)32-33(26,27)21-4-3-17-6-21/h3-4,6-8,10-11,14,23-24H,2,5H2,1H3,(H4-,16,18,19,25,26,27,28,29)/p+1/t8-,10-,11-,14-/m1/s1. The zero-order valence-electron chi connectivity index (χ0n) is 17.5. The van der Waals surface area contributed by atoms with Crippen molar-refractivity contribution in [3.63, 3.8) is 0 Å². The van der Waals surface area contributed by atoms with Gasteiger partial charge in [0.1, 0.15) is 24.6 Å². The van der Waals surface area contributed by atoms with Gasteiger partial charge in [0.15, 0.2) is 0 Å². The third-order valence-electron chi connectivity index (χ3n) is 5.04. The highest BCUT2D eigenvalue weighted by Crippen LogP contribution is 2.60. The maximum atomic E-state index is 12.3. The summed E-state index contributed by atoms with van der Waals surface area (Å²) < 4.78 is 42.4. The number of H-pyrrole nitrogens is 1. The minimum atomic E-state index is -5.12. The Morgan fingerprint density at radius 1 is 1.32 bits per heavy atom. The largest absolute Gasteiger partial charge is 0.480 e. The third-order valence-corrected chi connectivity index (χ3v) is 8.01. The first-order chi connectivity index (χ1) is 15.9. The number of aromatic nitrogens is 6. The molecule has 1 fully saturated rings. The fourth-order valence-corrected chi connectivity index (χ4v) is 5.82. The number of hydrogen-bond acceptors (Lipinski definition) is 11. The quantitative estimate of drug-likeness (QED) is 0.142. The molecule has 0 amide bonds. The van der Waals surface area contributed by atoms with Gasteiger partial charge in [0.2, 0.25) is 18.5 Å². The third kappa shape index (κ3) is 4.57. The predicted octanol–water partition coefficient (Wildman–Crippen LogP) is -1.79. The van der Waals surface area contributed by atoms with E-state index in [9.17, 15) is 33.9 Å². The van der Waals surface area contributed by atoms with E-state index in [4.69, 9.17) is 15.0 Å². The number of hydrogen-bond donors (Lipinski definition) is 6. The van der Waals surface area contributed by atoms with E-state index in [-0.39, 0.29) is 17.1 Å². The van der Waals surface area contributed by atoms with Gasteiger partial charge in [-0.25, -0.2) is 23.0 Å². The smallest absolute Gasteiger partial charge is 0.387 e. The number of aryl methyl sites for hydroxylation is 1. The molecule has 6 atom stereocenters. The van der Waals surface area contributed by atoms with Crippen molar-refractivity contribution in [2.45, 2.75) is 38.0 Å². The molecule has 1 saturated heterocycles. The summed E-state index contributed by atoms with van der Waals surface area (Å²) in [5.74, 6) is -0.183. The zero-order valence-corrected chi connectivity index (χ0v) is 19.3. The molecular weight excluding hydrogens is 500 g/mol. The minimum Gasteiger partial charge on any atom is -0.387 e. The number of nitrogen functional groups attached to an aromatic ring is 1. The lowest BCUT2D eigenvalue weighted by atomic mass is 10.1. The maximum Gasteiger partial charge on any atom is 0.480 e. The van der Waals surface area contributed by atoms with Gasteiger partial charge in [-0.2, -0.15) is 13.9 Å². The Morgan fingerprint density at radius 2 is 2.06 bits per heavy atom. The maximum absolute atomic E-state index is 12.3. The van der Waals surface area contributed by atoms with E-state index < -0.39 is 52.3 Å². The van der Waals surface area contributed by atoms with E-state index in [1.165, 1.54) is 15.5 Å². The summed E-state index contributed by atoms with van der Waals surface area (Å²) in [6.07, 6.45) is -1.27. The van der Waals surface area contributed by atoms with Gasteiger partial charge in [0, 0.05) is 12.4 Å². The highest BCUT2D eigenvalue weighted by molar-refractivity contribution is 7.63. The van der Waals surface area contributed by atoms with Crippen LogP contribution in [0.15, 0.2) is 29.8 Å². The first-order valence-corrected chi connectivity index (χ1v) is 12.8. The Bertz CT molecular complexity index is 1340. The lowest BCUT2D eigenvalue weighted by Gasteiger charge is -2.19. The summed E-state index contributed by atoms with van der Waals surface area (Å²) in [5.41, 5.74) is 5.32. The molecule has 1 aliphatic rings. The number of aromatic amines is 1. The number of aliphatic hydroxyl groups excluding tert-OH is 2. The molecule has 0 aromatic carbocycles. The van der Waals surface area contributed by atoms with Crippen molar-refractivity contribution < 1.29 is 47.3 Å². The molecule has 186 valence electrons. The van der Waals surface area contributed by atoms with Gasteiger partial charge in [-0.15, -0.1) is 0 Å². The lowest BCUT2D eigenvalue weighted by molar-refractivity contribution is -0.669. The van der Waals surface area contributed by atoms with Gasteiger partial charge in [0.25, 0.3) is 11.2 Å². The molecule has 2 unspecified atom stereocenters. The highest BCUT2D eigenvalue weighted by Gasteiger charge is 2.49. The fourth-order valence-electron chi connectivity index (χ4n) is 3.47. The summed E-state index contributed by atoms with van der Waals surface area (Å²) in [4.78, 5) is 42.0. The van der Waals surface area contributed by atoms with Gasteiger partial charge < -0.3 is 30.5 Å². The second-order valence-electron chi connectivity index (χ2n) is 7.26. The van der Waals surface area contributed by atoms with Crippen molar-refractivity contribution >= 4 is 32.7 Å². The molecule has 4 rings (SSSR count). The highest BCUT2D eigenvalue weighted by atomic mass is 31.3. The summed E-state index contributed by atoms with van der Waals surface area (Å²) in [7, 11) is -9.92. The van der Waals surface area contributed by atoms with Gasteiger partial charge in [-0.3, -0.25) is 14.3 Å². The SMILES string of the molecule is CC[n+]1cn([C@@H]2O[C@H](COP(=O)(O)OP(=O)(O)n3ccnc3)[C@@H](O)[C@H]2O)c2nc(N)[nH]c(=O)c21. The van der Waals surface area contributed by atoms with Gasteiger partial charge >= 0.3 is 21.1 Å². The molecule has 1 aliphatic heterocycles. The van der Waals surface area contributed by atoms with Crippen molar-refractivity contribution in [3.05, 3.63) is 35.4 Å². The number of anilines is 1. The van der Waals surface area contributed by atoms with Gasteiger partial charge in [0.05, 0.1) is 13.2 Å². The van der Waals surface area contributed by atoms with E-state index in [0.717, 1.165) is 18.7 Å². The van der Waals surface area contributed by atoms with E-state index in [0.29, 0.717) is 10.9 Å². The van der Waals surface area contributed by atoms with E-state index in [1.54, 1.807) is 6.92 Å². The molecule has 0 aliphatic carbocycles. The van der Waals surface area contributed by atoms with Crippen LogP contribution >= 0.6 is 15.6 Å². The molecule has 34 heavy (non-hydrogen) atoms. The number of phosphoric acid groups is 1. The Balaban J connectivity index is 1.52. The molecule has 0 radical (unpaired) electrons. The van der Waals surface area contributed by atoms with Crippen molar-refractivity contribution in [1.29, 1.82) is 0 Å².